The van der Waals surface area contributed by atoms with E-state index in [1.165, 1.54) is 10.6 Å². The molecule has 4 rings (SSSR count). The number of ether oxygens (including phenoxy) is 1. The number of halogens is 1. The number of furan rings is 1. The molecule has 1 aromatic carbocycles. The van der Waals surface area contributed by atoms with E-state index in [1.807, 2.05) is 12.1 Å². The van der Waals surface area contributed by atoms with Crippen molar-refractivity contribution in [2.75, 3.05) is 0 Å². The highest BCUT2D eigenvalue weighted by molar-refractivity contribution is 6.32. The van der Waals surface area contributed by atoms with Gasteiger partial charge in [0.25, 0.3) is 5.56 Å². The Hall–Kier alpha value is -2.99. The van der Waals surface area contributed by atoms with Crippen LogP contribution in [0, 0.1) is 0 Å². The third kappa shape index (κ3) is 2.68. The van der Waals surface area contributed by atoms with Gasteiger partial charge in [0.05, 0.1) is 17.0 Å². The Morgan fingerprint density at radius 2 is 2.08 bits per heavy atom. The molecule has 0 spiro atoms. The first-order chi connectivity index (χ1) is 11.7. The average molecular weight is 342 g/mol. The van der Waals surface area contributed by atoms with Crippen LogP contribution in [0.1, 0.15) is 5.69 Å². The highest BCUT2D eigenvalue weighted by atomic mass is 35.5. The van der Waals surface area contributed by atoms with Gasteiger partial charge in [0.1, 0.15) is 18.1 Å². The van der Waals surface area contributed by atoms with Gasteiger partial charge in [-0.2, -0.15) is 0 Å². The highest BCUT2D eigenvalue weighted by Gasteiger charge is 2.10. The lowest BCUT2D eigenvalue weighted by Gasteiger charge is -2.07. The van der Waals surface area contributed by atoms with Crippen molar-refractivity contribution in [3.05, 3.63) is 75.9 Å². The van der Waals surface area contributed by atoms with Gasteiger partial charge in [0.15, 0.2) is 11.4 Å². The van der Waals surface area contributed by atoms with E-state index >= 15 is 0 Å². The second-order valence-electron chi connectivity index (χ2n) is 5.15. The maximum Gasteiger partial charge on any atom is 0.273 e. The normalized spacial score (nSPS) is 11.0. The van der Waals surface area contributed by atoms with Crippen molar-refractivity contribution in [3.63, 3.8) is 0 Å². The molecular formula is C17H12ClN3O3. The van der Waals surface area contributed by atoms with Crippen molar-refractivity contribution >= 4 is 17.2 Å². The molecule has 0 aliphatic heterocycles. The number of H-pyrrole nitrogens is 1. The minimum atomic E-state index is -0.226. The third-order valence-corrected chi connectivity index (χ3v) is 3.81. The van der Waals surface area contributed by atoms with Gasteiger partial charge in [-0.25, -0.2) is 9.50 Å². The number of benzene rings is 1. The first-order valence-electron chi connectivity index (χ1n) is 7.23. The number of hydrogen-bond acceptors (Lipinski definition) is 4. The van der Waals surface area contributed by atoms with E-state index < -0.39 is 0 Å². The molecule has 0 aliphatic carbocycles. The number of aromatic nitrogens is 3. The van der Waals surface area contributed by atoms with Gasteiger partial charge in [-0.3, -0.25) is 9.89 Å². The minimum absolute atomic E-state index is 0.150. The SMILES string of the molecule is O=c1cc(COc2ccccc2Cl)nc2cc(-c3ccco3)[nH]n12. The molecular weight excluding hydrogens is 330 g/mol. The van der Waals surface area contributed by atoms with Gasteiger partial charge < -0.3 is 9.15 Å². The van der Waals surface area contributed by atoms with E-state index in [0.717, 1.165) is 0 Å². The van der Waals surface area contributed by atoms with E-state index in [0.29, 0.717) is 33.6 Å². The van der Waals surface area contributed by atoms with Crippen LogP contribution in [0.15, 0.2) is 64.0 Å². The number of nitrogens with one attached hydrogen (secondary N) is 1. The molecule has 0 fully saturated rings. The van der Waals surface area contributed by atoms with Crippen LogP contribution in [0.5, 0.6) is 5.75 Å². The predicted octanol–water partition coefficient (Wildman–Crippen LogP) is 3.52. The third-order valence-electron chi connectivity index (χ3n) is 3.50. The summed E-state index contributed by atoms with van der Waals surface area (Å²) in [5.74, 6) is 1.18. The molecule has 1 N–H and O–H groups in total. The van der Waals surface area contributed by atoms with Crippen LogP contribution >= 0.6 is 11.6 Å². The second-order valence-corrected chi connectivity index (χ2v) is 5.55. The number of fused-ring (bicyclic) bond motifs is 1. The standard InChI is InChI=1S/C17H12ClN3O3/c18-12-4-1-2-5-14(12)24-10-11-8-17(22)21-16(19-11)9-13(20-21)15-6-3-7-23-15/h1-9,20H,10H2. The van der Waals surface area contributed by atoms with Crippen LogP contribution in [0.25, 0.3) is 17.1 Å². The number of rotatable bonds is 4. The summed E-state index contributed by atoms with van der Waals surface area (Å²) in [6.45, 7) is 0.150. The monoisotopic (exact) mass is 341 g/mol. The summed E-state index contributed by atoms with van der Waals surface area (Å²) in [5, 5.41) is 3.47. The number of para-hydroxylation sites is 1. The summed E-state index contributed by atoms with van der Waals surface area (Å²) in [5.41, 5.74) is 1.46. The molecule has 120 valence electrons. The maximum atomic E-state index is 12.2. The fraction of sp³-hybridized carbons (Fsp3) is 0.0588. The summed E-state index contributed by atoms with van der Waals surface area (Å²) >= 11 is 6.05. The molecule has 0 radical (unpaired) electrons. The van der Waals surface area contributed by atoms with Gasteiger partial charge in [-0.15, -0.1) is 0 Å². The Morgan fingerprint density at radius 1 is 1.21 bits per heavy atom. The summed E-state index contributed by atoms with van der Waals surface area (Å²) in [4.78, 5) is 16.7. The molecule has 7 heteroatoms. The highest BCUT2D eigenvalue weighted by Crippen LogP contribution is 2.24. The molecule has 0 atom stereocenters. The van der Waals surface area contributed by atoms with Gasteiger partial charge in [-0.05, 0) is 24.3 Å². The number of aromatic amines is 1. The van der Waals surface area contributed by atoms with Crippen LogP contribution in [0.4, 0.5) is 0 Å². The predicted molar refractivity (Wildman–Crippen MR) is 89.3 cm³/mol. The Kier molecular flexibility index (Phi) is 3.59. The van der Waals surface area contributed by atoms with Crippen LogP contribution in [0.3, 0.4) is 0 Å². The summed E-state index contributed by atoms with van der Waals surface area (Å²) in [6.07, 6.45) is 1.57. The molecule has 0 amide bonds. The Labute approximate surface area is 141 Å². The minimum Gasteiger partial charge on any atom is -0.486 e. The van der Waals surface area contributed by atoms with Crippen molar-refractivity contribution in [2.45, 2.75) is 6.61 Å². The molecule has 0 bridgehead atoms. The van der Waals surface area contributed by atoms with Gasteiger partial charge in [-0.1, -0.05) is 23.7 Å². The molecule has 0 aliphatic rings. The van der Waals surface area contributed by atoms with Crippen LogP contribution < -0.4 is 10.3 Å². The Bertz CT molecular complexity index is 1050. The van der Waals surface area contributed by atoms with Crippen LogP contribution in [-0.2, 0) is 6.61 Å². The van der Waals surface area contributed by atoms with Gasteiger partial charge in [0, 0.05) is 12.1 Å². The van der Waals surface area contributed by atoms with Crippen molar-refractivity contribution in [1.29, 1.82) is 0 Å². The molecule has 6 nitrogen and oxygen atoms in total. The fourth-order valence-electron chi connectivity index (χ4n) is 2.39. The summed E-state index contributed by atoms with van der Waals surface area (Å²) < 4.78 is 12.3. The Balaban J connectivity index is 1.65. The molecule has 0 unspecified atom stereocenters. The zero-order valence-electron chi connectivity index (χ0n) is 12.4. The molecule has 24 heavy (non-hydrogen) atoms. The van der Waals surface area contributed by atoms with E-state index in [2.05, 4.69) is 10.1 Å². The van der Waals surface area contributed by atoms with Gasteiger partial charge in [0.2, 0.25) is 0 Å². The zero-order valence-corrected chi connectivity index (χ0v) is 13.2. The lowest BCUT2D eigenvalue weighted by Crippen LogP contribution is -2.16. The smallest absolute Gasteiger partial charge is 0.273 e. The average Bonchev–Trinajstić information content (AvgIpc) is 3.23. The molecule has 0 saturated heterocycles. The second kappa shape index (κ2) is 5.90. The quantitative estimate of drug-likeness (QED) is 0.616. The van der Waals surface area contributed by atoms with Crippen LogP contribution in [0.2, 0.25) is 5.02 Å². The molecule has 3 aromatic heterocycles. The van der Waals surface area contributed by atoms with E-state index in [1.54, 1.807) is 36.6 Å². The van der Waals surface area contributed by atoms with E-state index in [-0.39, 0.29) is 12.2 Å². The largest absolute Gasteiger partial charge is 0.486 e. The van der Waals surface area contributed by atoms with Crippen molar-refractivity contribution in [1.82, 2.24) is 14.6 Å². The van der Waals surface area contributed by atoms with Crippen molar-refractivity contribution in [3.8, 4) is 17.2 Å². The molecule has 4 aromatic rings. The number of nitrogens with zero attached hydrogens (tertiary/aromatic N) is 2. The lowest BCUT2D eigenvalue weighted by atomic mass is 10.3. The molecule has 3 heterocycles. The van der Waals surface area contributed by atoms with Crippen molar-refractivity contribution in [2.24, 2.45) is 0 Å². The van der Waals surface area contributed by atoms with Crippen molar-refractivity contribution < 1.29 is 9.15 Å². The zero-order chi connectivity index (χ0) is 16.5. The van der Waals surface area contributed by atoms with E-state index in [9.17, 15) is 4.79 Å². The fourth-order valence-corrected chi connectivity index (χ4v) is 2.58. The molecule has 0 saturated carbocycles. The first-order valence-corrected chi connectivity index (χ1v) is 7.61. The maximum absolute atomic E-state index is 12.2. The number of hydrogen-bond donors (Lipinski definition) is 1. The summed E-state index contributed by atoms with van der Waals surface area (Å²) in [7, 11) is 0. The van der Waals surface area contributed by atoms with E-state index in [4.69, 9.17) is 20.8 Å². The Morgan fingerprint density at radius 3 is 2.88 bits per heavy atom. The van der Waals surface area contributed by atoms with Crippen LogP contribution in [-0.4, -0.2) is 14.6 Å². The van der Waals surface area contributed by atoms with Gasteiger partial charge >= 0.3 is 0 Å². The topological polar surface area (TPSA) is 72.5 Å². The first kappa shape index (κ1) is 14.6. The summed E-state index contributed by atoms with van der Waals surface area (Å²) in [6, 6.07) is 13.9. The lowest BCUT2D eigenvalue weighted by molar-refractivity contribution is 0.301.